The molecule has 1 amide bonds. The molecule has 1 saturated heterocycles. The van der Waals surface area contributed by atoms with Crippen molar-refractivity contribution in [1.29, 1.82) is 0 Å². The topological polar surface area (TPSA) is 71.0 Å². The van der Waals surface area contributed by atoms with Gasteiger partial charge in [-0.05, 0) is 41.7 Å². The molecule has 0 aromatic rings. The molecule has 1 aliphatic rings. The number of carbonyl (C=O) groups is 1. The number of hydrogen-bond donors (Lipinski definition) is 2. The average Bonchev–Trinajstić information content (AvgIpc) is 2.54. The Morgan fingerprint density at radius 2 is 1.86 bits per heavy atom. The van der Waals surface area contributed by atoms with Gasteiger partial charge in [0, 0.05) is 19.1 Å². The highest BCUT2D eigenvalue weighted by molar-refractivity contribution is 6.51. The van der Waals surface area contributed by atoms with Gasteiger partial charge in [-0.2, -0.15) is 0 Å². The van der Waals surface area contributed by atoms with Gasteiger partial charge in [0.15, 0.2) is 0 Å². The van der Waals surface area contributed by atoms with Gasteiger partial charge in [-0.3, -0.25) is 4.90 Å². The summed E-state index contributed by atoms with van der Waals surface area (Å²) in [5.41, 5.74) is -0.654. The summed E-state index contributed by atoms with van der Waals surface area (Å²) in [6.45, 7) is 11.2. The van der Waals surface area contributed by atoms with Crippen molar-refractivity contribution in [3.05, 3.63) is 12.1 Å². The Morgan fingerprint density at radius 3 is 2.33 bits per heavy atom. The molecule has 1 aliphatic heterocycles. The highest BCUT2D eigenvalue weighted by atomic mass is 16.7. The molecule has 0 spiro atoms. The number of nitrogens with one attached hydrogen (secondary N) is 1. The number of rotatable bonds is 6. The summed E-state index contributed by atoms with van der Waals surface area (Å²) in [7, 11) is 1.61. The molecule has 1 fully saturated rings. The number of nitrogens with zero attached hydrogens (tertiary/aromatic N) is 1. The predicted molar refractivity (Wildman–Crippen MR) is 83.3 cm³/mol. The van der Waals surface area contributed by atoms with Gasteiger partial charge in [0.05, 0.1) is 11.2 Å². The van der Waals surface area contributed by atoms with Crippen LogP contribution in [-0.2, 0) is 9.31 Å². The van der Waals surface area contributed by atoms with Crippen LogP contribution in [-0.4, -0.2) is 60.6 Å². The molecule has 0 radical (unpaired) electrons. The molecular weight excluding hydrogens is 271 g/mol. The summed E-state index contributed by atoms with van der Waals surface area (Å²) in [6, 6.07) is 0.115. The van der Waals surface area contributed by atoms with Crippen molar-refractivity contribution in [2.75, 3.05) is 20.1 Å². The summed E-state index contributed by atoms with van der Waals surface area (Å²) in [4.78, 5) is 12.5. The number of likely N-dealkylation sites (N-methyl/N-ethyl adjacent to an activating group) is 1. The summed E-state index contributed by atoms with van der Waals surface area (Å²) in [5.74, 6) is 1.91. The molecule has 0 aromatic heterocycles. The minimum absolute atomic E-state index is 0.115. The van der Waals surface area contributed by atoms with Gasteiger partial charge in [-0.15, -0.1) is 0 Å². The van der Waals surface area contributed by atoms with E-state index in [1.165, 1.54) is 0 Å². The van der Waals surface area contributed by atoms with E-state index in [2.05, 4.69) is 10.2 Å². The molecule has 120 valence electrons. The second-order valence-corrected chi connectivity index (χ2v) is 6.53. The summed E-state index contributed by atoms with van der Waals surface area (Å²) < 4.78 is 11.7. The van der Waals surface area contributed by atoms with Crippen LogP contribution in [0.5, 0.6) is 0 Å². The van der Waals surface area contributed by atoms with E-state index in [9.17, 15) is 4.79 Å². The van der Waals surface area contributed by atoms with E-state index in [1.807, 2.05) is 53.7 Å². The Labute approximate surface area is 127 Å². The van der Waals surface area contributed by atoms with Crippen molar-refractivity contribution in [3.63, 3.8) is 0 Å². The van der Waals surface area contributed by atoms with Gasteiger partial charge in [0.2, 0.25) is 0 Å². The fourth-order valence-corrected chi connectivity index (χ4v) is 1.88. The molecule has 1 atom stereocenters. The van der Waals surface area contributed by atoms with Gasteiger partial charge in [0.25, 0.3) is 0 Å². The van der Waals surface area contributed by atoms with Gasteiger partial charge in [0.1, 0.15) is 0 Å². The first-order valence-corrected chi connectivity index (χ1v) is 7.24. The Balaban J connectivity index is 2.40. The average molecular weight is 298 g/mol. The first-order chi connectivity index (χ1) is 9.55. The van der Waals surface area contributed by atoms with Crippen LogP contribution in [0.1, 0.15) is 34.6 Å². The van der Waals surface area contributed by atoms with Crippen LogP contribution in [0, 0.1) is 0 Å². The summed E-state index contributed by atoms with van der Waals surface area (Å²) >= 11 is 0. The minimum atomic E-state index is -0.997. The van der Waals surface area contributed by atoms with Gasteiger partial charge in [-0.25, -0.2) is 4.79 Å². The lowest BCUT2D eigenvalue weighted by atomic mass is 9.90. The minimum Gasteiger partial charge on any atom is -0.465 e. The third-order valence-corrected chi connectivity index (χ3v) is 4.26. The first-order valence-electron chi connectivity index (χ1n) is 7.24. The molecule has 6 nitrogen and oxygen atoms in total. The third kappa shape index (κ3) is 5.02. The summed E-state index contributed by atoms with van der Waals surface area (Å²) in [6.07, 6.45) is 0.988. The molecule has 0 aromatic carbocycles. The van der Waals surface area contributed by atoms with Gasteiger partial charge >= 0.3 is 13.2 Å². The number of carboxylic acid groups (broad SMARTS) is 1. The van der Waals surface area contributed by atoms with E-state index < -0.39 is 6.09 Å². The fraction of sp³-hybridized carbons (Fsp3) is 0.786. The van der Waals surface area contributed by atoms with Crippen LogP contribution in [0.3, 0.4) is 0 Å². The van der Waals surface area contributed by atoms with E-state index in [4.69, 9.17) is 14.4 Å². The van der Waals surface area contributed by atoms with Crippen LogP contribution in [0.25, 0.3) is 0 Å². The van der Waals surface area contributed by atoms with Crippen molar-refractivity contribution in [3.8, 4) is 0 Å². The second kappa shape index (κ2) is 6.81. The number of hydrogen-bond acceptors (Lipinski definition) is 4. The van der Waals surface area contributed by atoms with Crippen molar-refractivity contribution < 1.29 is 19.2 Å². The molecule has 21 heavy (non-hydrogen) atoms. The summed E-state index contributed by atoms with van der Waals surface area (Å²) in [5, 5.41) is 11.0. The van der Waals surface area contributed by atoms with Crippen LogP contribution in [0.15, 0.2) is 12.1 Å². The number of amides is 1. The Kier molecular flexibility index (Phi) is 5.84. The monoisotopic (exact) mass is 298 g/mol. The standard InChI is InChI=1S/C14H27BN2O4/c1-11(10-16-12(18)19)17(6)9-7-8-15-20-13(2,3)14(4,5)21-15/h7-8,11,16H,9-10H2,1-6H3,(H,18,19)/b8-7+/t11-/m1/s1. The van der Waals surface area contributed by atoms with Crippen molar-refractivity contribution >= 4 is 13.2 Å². The molecule has 0 saturated carbocycles. The van der Waals surface area contributed by atoms with Crippen molar-refractivity contribution in [1.82, 2.24) is 10.2 Å². The zero-order chi connectivity index (χ0) is 16.3. The smallest absolute Gasteiger partial charge is 0.465 e. The van der Waals surface area contributed by atoms with E-state index in [-0.39, 0.29) is 24.4 Å². The molecular formula is C14H27BN2O4. The predicted octanol–water partition coefficient (Wildman–Crippen LogP) is 1.76. The van der Waals surface area contributed by atoms with E-state index in [0.29, 0.717) is 13.1 Å². The van der Waals surface area contributed by atoms with E-state index in [1.54, 1.807) is 0 Å². The van der Waals surface area contributed by atoms with Crippen molar-refractivity contribution in [2.45, 2.75) is 51.9 Å². The molecule has 1 rings (SSSR count). The second-order valence-electron chi connectivity index (χ2n) is 6.53. The van der Waals surface area contributed by atoms with Crippen molar-refractivity contribution in [2.24, 2.45) is 0 Å². The maximum atomic E-state index is 10.5. The van der Waals surface area contributed by atoms with E-state index >= 15 is 0 Å². The zero-order valence-electron chi connectivity index (χ0n) is 13.8. The Bertz CT molecular complexity index is 382. The lowest BCUT2D eigenvalue weighted by Crippen LogP contribution is -2.41. The largest absolute Gasteiger partial charge is 0.486 e. The van der Waals surface area contributed by atoms with Crippen LogP contribution in [0.2, 0.25) is 0 Å². The van der Waals surface area contributed by atoms with Crippen LogP contribution >= 0.6 is 0 Å². The zero-order valence-corrected chi connectivity index (χ0v) is 13.8. The van der Waals surface area contributed by atoms with E-state index in [0.717, 1.165) is 0 Å². The SMILES string of the molecule is C[C@H](CNC(=O)O)N(C)C/C=C/B1OC(C)(C)C(C)(C)O1. The molecule has 0 unspecified atom stereocenters. The lowest BCUT2D eigenvalue weighted by Gasteiger charge is -2.32. The normalized spacial score (nSPS) is 22.0. The first kappa shape index (κ1) is 18.0. The quantitative estimate of drug-likeness (QED) is 0.731. The Morgan fingerprint density at radius 1 is 1.33 bits per heavy atom. The fourth-order valence-electron chi connectivity index (χ4n) is 1.88. The molecule has 2 N–H and O–H groups in total. The molecule has 7 heteroatoms. The molecule has 1 heterocycles. The third-order valence-electron chi connectivity index (χ3n) is 4.26. The van der Waals surface area contributed by atoms with Crippen LogP contribution < -0.4 is 5.32 Å². The van der Waals surface area contributed by atoms with Gasteiger partial charge < -0.3 is 19.7 Å². The Hall–Kier alpha value is -1.05. The van der Waals surface area contributed by atoms with Gasteiger partial charge in [-0.1, -0.05) is 12.1 Å². The molecule has 0 bridgehead atoms. The maximum Gasteiger partial charge on any atom is 0.486 e. The van der Waals surface area contributed by atoms with Crippen LogP contribution in [0.4, 0.5) is 4.79 Å². The highest BCUT2D eigenvalue weighted by Crippen LogP contribution is 2.36. The molecule has 0 aliphatic carbocycles. The maximum absolute atomic E-state index is 10.5. The lowest BCUT2D eigenvalue weighted by molar-refractivity contribution is 0.00578. The highest BCUT2D eigenvalue weighted by Gasteiger charge is 2.49.